The molecular formula is C8H13F. The van der Waals surface area contributed by atoms with E-state index in [0.29, 0.717) is 6.42 Å². The molecule has 0 saturated heterocycles. The van der Waals surface area contributed by atoms with Crippen LogP contribution in [0, 0.1) is 0 Å². The summed E-state index contributed by atoms with van der Waals surface area (Å²) in [6, 6.07) is 0. The number of allylic oxidation sites excluding steroid dienone is 3. The van der Waals surface area contributed by atoms with Crippen LogP contribution in [0.3, 0.4) is 0 Å². The Morgan fingerprint density at radius 3 is 2.44 bits per heavy atom. The minimum absolute atomic E-state index is 0.457. The van der Waals surface area contributed by atoms with Gasteiger partial charge in [0.2, 0.25) is 0 Å². The van der Waals surface area contributed by atoms with Gasteiger partial charge in [-0.2, -0.15) is 0 Å². The molecule has 0 aliphatic carbocycles. The molecule has 0 bridgehead atoms. The summed E-state index contributed by atoms with van der Waals surface area (Å²) in [7, 11) is 0. The Kier molecular flexibility index (Phi) is 3.21. The molecule has 9 heavy (non-hydrogen) atoms. The molecule has 0 nitrogen and oxygen atoms in total. The molecule has 0 unspecified atom stereocenters. The first-order valence-corrected chi connectivity index (χ1v) is 3.03. The van der Waals surface area contributed by atoms with E-state index in [1.807, 2.05) is 0 Å². The first-order valence-electron chi connectivity index (χ1n) is 3.03. The van der Waals surface area contributed by atoms with Crippen LogP contribution in [0.15, 0.2) is 24.8 Å². The van der Waals surface area contributed by atoms with E-state index in [9.17, 15) is 4.39 Å². The van der Waals surface area contributed by atoms with Crippen LogP contribution in [-0.2, 0) is 0 Å². The maximum Gasteiger partial charge on any atom is 0.109 e. The highest BCUT2D eigenvalue weighted by Gasteiger charge is 2.11. The normalized spacial score (nSPS) is 12.3. The summed E-state index contributed by atoms with van der Waals surface area (Å²) in [6.45, 7) is 6.58. The van der Waals surface area contributed by atoms with Gasteiger partial charge in [-0.15, -0.1) is 0 Å². The van der Waals surface area contributed by atoms with Crippen LogP contribution < -0.4 is 0 Å². The number of rotatable bonds is 3. The molecule has 0 fully saturated rings. The van der Waals surface area contributed by atoms with Crippen LogP contribution in [0.2, 0.25) is 0 Å². The SMILES string of the molecule is C=C/C=C\CC(C)(C)F. The van der Waals surface area contributed by atoms with Crippen molar-refractivity contribution >= 4 is 0 Å². The lowest BCUT2D eigenvalue weighted by Gasteiger charge is -2.08. The van der Waals surface area contributed by atoms with Crippen LogP contribution in [0.4, 0.5) is 4.39 Å². The molecule has 0 rings (SSSR count). The molecule has 0 aliphatic rings. The van der Waals surface area contributed by atoms with Gasteiger partial charge in [-0.3, -0.25) is 0 Å². The molecule has 52 valence electrons. The van der Waals surface area contributed by atoms with E-state index in [1.165, 1.54) is 0 Å². The summed E-state index contributed by atoms with van der Waals surface area (Å²) in [4.78, 5) is 0. The van der Waals surface area contributed by atoms with Gasteiger partial charge in [-0.25, -0.2) is 4.39 Å². The minimum Gasteiger partial charge on any atom is -0.244 e. The van der Waals surface area contributed by atoms with Crippen LogP contribution >= 0.6 is 0 Å². The van der Waals surface area contributed by atoms with E-state index >= 15 is 0 Å². The monoisotopic (exact) mass is 128 g/mol. The molecule has 0 saturated carbocycles. The maximum atomic E-state index is 12.6. The van der Waals surface area contributed by atoms with Gasteiger partial charge in [0.25, 0.3) is 0 Å². The van der Waals surface area contributed by atoms with E-state index in [2.05, 4.69) is 6.58 Å². The summed E-state index contributed by atoms with van der Waals surface area (Å²) in [5.41, 5.74) is -1.08. The third-order valence-corrected chi connectivity index (χ3v) is 0.875. The number of halogens is 1. The Labute approximate surface area is 56.1 Å². The second-order valence-electron chi connectivity index (χ2n) is 2.59. The Morgan fingerprint density at radius 1 is 1.56 bits per heavy atom. The predicted molar refractivity (Wildman–Crippen MR) is 39.1 cm³/mol. The summed E-state index contributed by atoms with van der Waals surface area (Å²) in [5.74, 6) is 0. The van der Waals surface area contributed by atoms with E-state index in [4.69, 9.17) is 0 Å². The molecule has 0 amide bonds. The zero-order valence-corrected chi connectivity index (χ0v) is 6.02. The van der Waals surface area contributed by atoms with Crippen molar-refractivity contribution in [1.82, 2.24) is 0 Å². The second kappa shape index (κ2) is 3.44. The van der Waals surface area contributed by atoms with Crippen LogP contribution in [0.1, 0.15) is 20.3 Å². The molecule has 1 heteroatoms. The van der Waals surface area contributed by atoms with Gasteiger partial charge in [0, 0.05) is 0 Å². The highest BCUT2D eigenvalue weighted by molar-refractivity contribution is 4.99. The Morgan fingerprint density at radius 2 is 2.11 bits per heavy atom. The van der Waals surface area contributed by atoms with Gasteiger partial charge in [-0.05, 0) is 20.3 Å². The fourth-order valence-corrected chi connectivity index (χ4v) is 0.445. The van der Waals surface area contributed by atoms with Gasteiger partial charge in [-0.1, -0.05) is 24.8 Å². The topological polar surface area (TPSA) is 0 Å². The average Bonchev–Trinajstić information content (AvgIpc) is 1.63. The van der Waals surface area contributed by atoms with Crippen molar-refractivity contribution in [3.8, 4) is 0 Å². The van der Waals surface area contributed by atoms with Gasteiger partial charge >= 0.3 is 0 Å². The van der Waals surface area contributed by atoms with E-state index in [1.54, 1.807) is 32.1 Å². The van der Waals surface area contributed by atoms with Gasteiger partial charge in [0.05, 0.1) is 0 Å². The molecule has 0 aromatic heterocycles. The van der Waals surface area contributed by atoms with E-state index < -0.39 is 5.67 Å². The lowest BCUT2D eigenvalue weighted by molar-refractivity contribution is 0.221. The number of hydrogen-bond donors (Lipinski definition) is 0. The molecule has 0 atom stereocenters. The first kappa shape index (κ1) is 8.41. The number of alkyl halides is 1. The predicted octanol–water partition coefficient (Wildman–Crippen LogP) is 2.87. The van der Waals surface area contributed by atoms with E-state index in [0.717, 1.165) is 0 Å². The van der Waals surface area contributed by atoms with Crippen molar-refractivity contribution in [3.63, 3.8) is 0 Å². The van der Waals surface area contributed by atoms with Crippen molar-refractivity contribution < 1.29 is 4.39 Å². The maximum absolute atomic E-state index is 12.6. The third kappa shape index (κ3) is 7.41. The molecule has 0 radical (unpaired) electrons. The zero-order chi connectivity index (χ0) is 7.33. The summed E-state index contributed by atoms with van der Waals surface area (Å²) in [6.07, 6.45) is 5.62. The standard InChI is InChI=1S/C8H13F/c1-4-5-6-7-8(2,3)9/h4-6H,1,7H2,2-3H3/b6-5-. The van der Waals surface area contributed by atoms with Gasteiger partial charge in [0.1, 0.15) is 5.67 Å². The molecule has 0 aliphatic heterocycles. The fourth-order valence-electron chi connectivity index (χ4n) is 0.445. The van der Waals surface area contributed by atoms with Crippen LogP contribution in [0.5, 0.6) is 0 Å². The van der Waals surface area contributed by atoms with Gasteiger partial charge in [0.15, 0.2) is 0 Å². The van der Waals surface area contributed by atoms with Crippen molar-refractivity contribution in [2.75, 3.05) is 0 Å². The van der Waals surface area contributed by atoms with Crippen molar-refractivity contribution in [3.05, 3.63) is 24.8 Å². The zero-order valence-electron chi connectivity index (χ0n) is 6.02. The molecular weight excluding hydrogens is 115 g/mol. The van der Waals surface area contributed by atoms with Crippen LogP contribution in [0.25, 0.3) is 0 Å². The minimum atomic E-state index is -1.08. The smallest absolute Gasteiger partial charge is 0.109 e. The van der Waals surface area contributed by atoms with Gasteiger partial charge < -0.3 is 0 Å². The highest BCUT2D eigenvalue weighted by atomic mass is 19.1. The summed E-state index contributed by atoms with van der Waals surface area (Å²) >= 11 is 0. The Bertz CT molecular complexity index is 106. The molecule has 0 heterocycles. The third-order valence-electron chi connectivity index (χ3n) is 0.875. The molecule has 0 aromatic rings. The largest absolute Gasteiger partial charge is 0.244 e. The quantitative estimate of drug-likeness (QED) is 0.513. The average molecular weight is 128 g/mol. The van der Waals surface area contributed by atoms with E-state index in [-0.39, 0.29) is 0 Å². The van der Waals surface area contributed by atoms with Crippen molar-refractivity contribution in [2.45, 2.75) is 25.9 Å². The fraction of sp³-hybridized carbons (Fsp3) is 0.500. The number of hydrogen-bond acceptors (Lipinski definition) is 0. The Hall–Kier alpha value is -0.590. The van der Waals surface area contributed by atoms with Crippen molar-refractivity contribution in [1.29, 1.82) is 0 Å². The molecule has 0 spiro atoms. The highest BCUT2D eigenvalue weighted by Crippen LogP contribution is 2.13. The lowest BCUT2D eigenvalue weighted by Crippen LogP contribution is -2.08. The summed E-state index contributed by atoms with van der Waals surface area (Å²) in [5, 5.41) is 0. The Balaban J connectivity index is 3.50. The first-order chi connectivity index (χ1) is 4.06. The molecule has 0 N–H and O–H groups in total. The summed E-state index contributed by atoms with van der Waals surface area (Å²) < 4.78 is 12.6. The van der Waals surface area contributed by atoms with Crippen molar-refractivity contribution in [2.24, 2.45) is 0 Å². The second-order valence-corrected chi connectivity index (χ2v) is 2.59. The lowest BCUT2D eigenvalue weighted by atomic mass is 10.1. The molecule has 0 aromatic carbocycles. The van der Waals surface area contributed by atoms with Crippen LogP contribution in [-0.4, -0.2) is 5.67 Å².